The van der Waals surface area contributed by atoms with Crippen LogP contribution in [-0.2, 0) is 9.53 Å². The Bertz CT molecular complexity index is 683. The van der Waals surface area contributed by atoms with Crippen LogP contribution >= 0.6 is 0 Å². The van der Waals surface area contributed by atoms with Gasteiger partial charge in [0.25, 0.3) is 0 Å². The third-order valence-corrected chi connectivity index (χ3v) is 2.90. The van der Waals surface area contributed by atoms with Crippen LogP contribution in [-0.4, -0.2) is 42.7 Å². The van der Waals surface area contributed by atoms with Crippen molar-refractivity contribution in [3.05, 3.63) is 42.1 Å². The Morgan fingerprint density at radius 3 is 2.60 bits per heavy atom. The lowest BCUT2D eigenvalue weighted by Gasteiger charge is -2.13. The summed E-state index contributed by atoms with van der Waals surface area (Å²) in [6.45, 7) is 0. The number of ether oxygens (including phenoxy) is 1. The average molecular weight is 272 g/mol. The molecule has 0 saturated carbocycles. The molecular formula is C15H16N2O3. The van der Waals surface area contributed by atoms with Gasteiger partial charge in [0.2, 0.25) is 0 Å². The van der Waals surface area contributed by atoms with Crippen LogP contribution in [0.2, 0.25) is 0 Å². The Balaban J connectivity index is 2.58. The minimum absolute atomic E-state index is 0.171. The van der Waals surface area contributed by atoms with Gasteiger partial charge in [0.15, 0.2) is 0 Å². The predicted octanol–water partition coefficient (Wildman–Crippen LogP) is 2.36. The number of methoxy groups -OCH3 is 1. The van der Waals surface area contributed by atoms with E-state index in [-0.39, 0.29) is 6.03 Å². The number of amides is 1. The van der Waals surface area contributed by atoms with E-state index in [0.29, 0.717) is 5.69 Å². The van der Waals surface area contributed by atoms with Gasteiger partial charge in [0, 0.05) is 25.6 Å². The Labute approximate surface area is 117 Å². The lowest BCUT2D eigenvalue weighted by molar-refractivity contribution is -0.134. The van der Waals surface area contributed by atoms with Crippen LogP contribution in [0.5, 0.6) is 0 Å². The molecule has 0 aliphatic heterocycles. The summed E-state index contributed by atoms with van der Waals surface area (Å²) >= 11 is 0. The van der Waals surface area contributed by atoms with Gasteiger partial charge in [-0.1, -0.05) is 18.2 Å². The standard InChI is InChI=1S/C15H16N2O3/c1-16(2)15(19)17-12(8-9-14(18)20-3)10-11-6-4-5-7-13(11)17/h4-10H,1-3H3/b9-8+. The molecule has 0 N–H and O–H groups in total. The van der Waals surface area contributed by atoms with Crippen LogP contribution in [0.3, 0.4) is 0 Å². The molecule has 0 atom stereocenters. The molecule has 2 aromatic rings. The molecule has 1 heterocycles. The van der Waals surface area contributed by atoms with Crippen molar-refractivity contribution in [3.63, 3.8) is 0 Å². The molecular weight excluding hydrogens is 256 g/mol. The Morgan fingerprint density at radius 2 is 1.95 bits per heavy atom. The molecule has 1 amide bonds. The van der Waals surface area contributed by atoms with Crippen LogP contribution in [0.25, 0.3) is 17.0 Å². The summed E-state index contributed by atoms with van der Waals surface area (Å²) in [4.78, 5) is 25.0. The zero-order chi connectivity index (χ0) is 14.7. The van der Waals surface area contributed by atoms with E-state index in [1.807, 2.05) is 30.3 Å². The molecule has 1 aromatic heterocycles. The Morgan fingerprint density at radius 1 is 1.25 bits per heavy atom. The summed E-state index contributed by atoms with van der Waals surface area (Å²) in [5.74, 6) is -0.459. The SMILES string of the molecule is COC(=O)/C=C/c1cc2ccccc2n1C(=O)N(C)C. The molecule has 0 bridgehead atoms. The lowest BCUT2D eigenvalue weighted by Crippen LogP contribution is -2.27. The maximum absolute atomic E-state index is 12.3. The predicted molar refractivity (Wildman–Crippen MR) is 77.5 cm³/mol. The summed E-state index contributed by atoms with van der Waals surface area (Å²) in [5, 5.41) is 0.937. The summed E-state index contributed by atoms with van der Waals surface area (Å²) in [6.07, 6.45) is 2.88. The number of hydrogen-bond donors (Lipinski definition) is 0. The zero-order valence-electron chi connectivity index (χ0n) is 11.7. The van der Waals surface area contributed by atoms with Crippen molar-refractivity contribution in [1.29, 1.82) is 0 Å². The van der Waals surface area contributed by atoms with Crippen LogP contribution < -0.4 is 0 Å². The van der Waals surface area contributed by atoms with Gasteiger partial charge in [-0.25, -0.2) is 9.59 Å². The first-order valence-corrected chi connectivity index (χ1v) is 6.12. The van der Waals surface area contributed by atoms with E-state index in [2.05, 4.69) is 4.74 Å². The number of aromatic nitrogens is 1. The number of fused-ring (bicyclic) bond motifs is 1. The zero-order valence-corrected chi connectivity index (χ0v) is 11.7. The second-order valence-electron chi connectivity index (χ2n) is 4.50. The molecule has 0 aliphatic carbocycles. The van der Waals surface area contributed by atoms with Crippen molar-refractivity contribution in [2.75, 3.05) is 21.2 Å². The summed E-state index contributed by atoms with van der Waals surface area (Å²) in [7, 11) is 4.68. The Hall–Kier alpha value is -2.56. The van der Waals surface area contributed by atoms with E-state index in [1.165, 1.54) is 18.1 Å². The third-order valence-electron chi connectivity index (χ3n) is 2.90. The molecule has 5 nitrogen and oxygen atoms in total. The second-order valence-corrected chi connectivity index (χ2v) is 4.50. The van der Waals surface area contributed by atoms with Crippen molar-refractivity contribution in [2.45, 2.75) is 0 Å². The minimum Gasteiger partial charge on any atom is -0.466 e. The van der Waals surface area contributed by atoms with Crippen molar-refractivity contribution in [1.82, 2.24) is 9.47 Å². The monoisotopic (exact) mass is 272 g/mol. The average Bonchev–Trinajstić information content (AvgIpc) is 2.81. The topological polar surface area (TPSA) is 51.5 Å². The highest BCUT2D eigenvalue weighted by Gasteiger charge is 2.14. The first-order chi connectivity index (χ1) is 9.54. The van der Waals surface area contributed by atoms with Crippen LogP contribution in [0.4, 0.5) is 4.79 Å². The summed E-state index contributed by atoms with van der Waals surface area (Å²) < 4.78 is 6.13. The van der Waals surface area contributed by atoms with Crippen molar-refractivity contribution >= 4 is 29.0 Å². The lowest BCUT2D eigenvalue weighted by atomic mass is 10.2. The number of rotatable bonds is 2. The van der Waals surface area contributed by atoms with E-state index in [0.717, 1.165) is 10.9 Å². The maximum atomic E-state index is 12.3. The largest absolute Gasteiger partial charge is 0.466 e. The van der Waals surface area contributed by atoms with E-state index in [1.54, 1.807) is 24.7 Å². The molecule has 0 aliphatic rings. The molecule has 104 valence electrons. The van der Waals surface area contributed by atoms with Crippen molar-refractivity contribution in [3.8, 4) is 0 Å². The number of carbonyl (C=O) groups excluding carboxylic acids is 2. The Kier molecular flexibility index (Phi) is 3.89. The van der Waals surface area contributed by atoms with E-state index in [4.69, 9.17) is 0 Å². The number of carbonyl (C=O) groups is 2. The number of para-hydroxylation sites is 1. The minimum atomic E-state index is -0.459. The number of esters is 1. The smallest absolute Gasteiger partial charge is 0.330 e. The molecule has 2 rings (SSSR count). The fraction of sp³-hybridized carbons (Fsp3) is 0.200. The van der Waals surface area contributed by atoms with Crippen molar-refractivity contribution < 1.29 is 14.3 Å². The molecule has 0 saturated heterocycles. The fourth-order valence-electron chi connectivity index (χ4n) is 1.93. The quantitative estimate of drug-likeness (QED) is 0.623. The second kappa shape index (κ2) is 5.61. The molecule has 1 aromatic carbocycles. The van der Waals surface area contributed by atoms with Gasteiger partial charge in [-0.2, -0.15) is 0 Å². The molecule has 5 heteroatoms. The molecule has 0 fully saturated rings. The van der Waals surface area contributed by atoms with Crippen LogP contribution in [0, 0.1) is 0 Å². The third kappa shape index (κ3) is 2.56. The number of nitrogens with zero attached hydrogens (tertiary/aromatic N) is 2. The van der Waals surface area contributed by atoms with Crippen molar-refractivity contribution in [2.24, 2.45) is 0 Å². The molecule has 0 radical (unpaired) electrons. The maximum Gasteiger partial charge on any atom is 0.330 e. The highest BCUT2D eigenvalue weighted by atomic mass is 16.5. The van der Waals surface area contributed by atoms with Gasteiger partial charge in [0.1, 0.15) is 0 Å². The number of hydrogen-bond acceptors (Lipinski definition) is 3. The molecule has 0 unspecified atom stereocenters. The first kappa shape index (κ1) is 13.9. The highest BCUT2D eigenvalue weighted by molar-refractivity contribution is 5.96. The summed E-state index contributed by atoms with van der Waals surface area (Å²) in [5.41, 5.74) is 1.44. The van der Waals surface area contributed by atoms with Gasteiger partial charge < -0.3 is 9.64 Å². The van der Waals surface area contributed by atoms with Gasteiger partial charge in [-0.3, -0.25) is 4.57 Å². The van der Waals surface area contributed by atoms with E-state index < -0.39 is 5.97 Å². The fourth-order valence-corrected chi connectivity index (χ4v) is 1.93. The van der Waals surface area contributed by atoms with Gasteiger partial charge in [0.05, 0.1) is 18.3 Å². The number of benzene rings is 1. The molecule has 20 heavy (non-hydrogen) atoms. The van der Waals surface area contributed by atoms with Crippen LogP contribution in [0.1, 0.15) is 5.69 Å². The van der Waals surface area contributed by atoms with Gasteiger partial charge in [-0.15, -0.1) is 0 Å². The van der Waals surface area contributed by atoms with Gasteiger partial charge in [-0.05, 0) is 18.2 Å². The van der Waals surface area contributed by atoms with E-state index >= 15 is 0 Å². The van der Waals surface area contributed by atoms with Crippen LogP contribution in [0.15, 0.2) is 36.4 Å². The van der Waals surface area contributed by atoms with Gasteiger partial charge >= 0.3 is 12.0 Å². The van der Waals surface area contributed by atoms with E-state index in [9.17, 15) is 9.59 Å². The molecule has 0 spiro atoms. The summed E-state index contributed by atoms with van der Waals surface area (Å²) in [6, 6.07) is 9.25. The normalized spacial score (nSPS) is 10.9. The highest BCUT2D eigenvalue weighted by Crippen LogP contribution is 2.21. The first-order valence-electron chi connectivity index (χ1n) is 6.12.